The first-order valence-corrected chi connectivity index (χ1v) is 17.3. The smallest absolute Gasteiger partial charge is 0.219 e. The Hall–Kier alpha value is -2.39. The molecule has 0 spiro atoms. The summed E-state index contributed by atoms with van der Waals surface area (Å²) in [7, 11) is 0.170. The van der Waals surface area contributed by atoms with Crippen molar-refractivity contribution < 1.29 is 18.5 Å². The minimum atomic E-state index is -1.63. The lowest BCUT2D eigenvalue weighted by atomic mass is 9.91. The van der Waals surface area contributed by atoms with E-state index in [0.29, 0.717) is 29.9 Å². The van der Waals surface area contributed by atoms with Crippen LogP contribution in [0.5, 0.6) is 5.75 Å². The van der Waals surface area contributed by atoms with Crippen LogP contribution in [-0.4, -0.2) is 67.6 Å². The first-order valence-electron chi connectivity index (χ1n) is 15.7. The van der Waals surface area contributed by atoms with Gasteiger partial charge in [0, 0.05) is 43.7 Å². The summed E-state index contributed by atoms with van der Waals surface area (Å²) >= 11 is 6.40. The van der Waals surface area contributed by atoms with Crippen LogP contribution in [0.3, 0.4) is 0 Å². The Bertz CT molecular complexity index is 1260. The van der Waals surface area contributed by atoms with Crippen LogP contribution < -0.4 is 14.4 Å². The zero-order chi connectivity index (χ0) is 30.8. The lowest BCUT2D eigenvalue weighted by molar-refractivity contribution is -0.108. The number of ether oxygens (including phenoxy) is 2. The lowest BCUT2D eigenvalue weighted by Gasteiger charge is -2.31. The maximum absolute atomic E-state index is 12.7. The quantitative estimate of drug-likeness (QED) is 0.179. The topological polar surface area (TPSA) is 71.1 Å². The van der Waals surface area contributed by atoms with E-state index in [2.05, 4.69) is 59.6 Å². The third-order valence-electron chi connectivity index (χ3n) is 8.97. The fourth-order valence-corrected chi connectivity index (χ4v) is 7.33. The van der Waals surface area contributed by atoms with Gasteiger partial charge in [0.05, 0.1) is 23.3 Å². The summed E-state index contributed by atoms with van der Waals surface area (Å²) in [5.41, 5.74) is 3.42. The number of anilines is 1. The Morgan fingerprint density at radius 2 is 2.07 bits per heavy atom. The summed E-state index contributed by atoms with van der Waals surface area (Å²) in [6, 6.07) is 12.4. The highest BCUT2D eigenvalue weighted by Crippen LogP contribution is 2.38. The number of carbonyl (C=O) groups is 1. The van der Waals surface area contributed by atoms with Gasteiger partial charge >= 0.3 is 0 Å². The van der Waals surface area contributed by atoms with Gasteiger partial charge in [0.25, 0.3) is 0 Å². The van der Waals surface area contributed by atoms with Gasteiger partial charge in [-0.25, -0.2) is 4.21 Å². The zero-order valence-corrected chi connectivity index (χ0v) is 27.7. The van der Waals surface area contributed by atoms with Crippen molar-refractivity contribution in [1.82, 2.24) is 9.62 Å². The predicted octanol–water partition coefficient (Wildman–Crippen LogP) is 6.52. The van der Waals surface area contributed by atoms with Crippen LogP contribution in [0.15, 0.2) is 53.4 Å². The fourth-order valence-electron chi connectivity index (χ4n) is 6.50. The molecule has 2 heterocycles. The number of nitrogens with zero attached hydrogens (tertiary/aromatic N) is 2. The molecule has 43 heavy (non-hydrogen) atoms. The minimum Gasteiger partial charge on any atom is -0.491 e. The average molecular weight is 630 g/mol. The van der Waals surface area contributed by atoms with Crippen molar-refractivity contribution in [2.75, 3.05) is 44.8 Å². The van der Waals surface area contributed by atoms with E-state index in [1.54, 1.807) is 13.2 Å². The number of hydrogen-bond donors (Lipinski definition) is 1. The van der Waals surface area contributed by atoms with Gasteiger partial charge in [0.1, 0.15) is 5.75 Å². The molecule has 5 atom stereocenters. The molecular weight excluding hydrogens is 582 g/mol. The normalized spacial score (nSPS) is 21.2. The monoisotopic (exact) mass is 629 g/mol. The number of halogens is 1. The maximum Gasteiger partial charge on any atom is 0.219 e. The number of fused-ring (bicyclic) bond motifs is 1. The van der Waals surface area contributed by atoms with Crippen LogP contribution in [0.4, 0.5) is 5.69 Å². The molecule has 236 valence electrons. The van der Waals surface area contributed by atoms with E-state index in [-0.39, 0.29) is 12.0 Å². The van der Waals surface area contributed by atoms with Gasteiger partial charge in [0.15, 0.2) is 11.0 Å². The molecule has 2 aromatic carbocycles. The molecule has 4 rings (SSSR count). The highest BCUT2D eigenvalue weighted by atomic mass is 35.5. The number of rotatable bonds is 15. The molecule has 1 fully saturated rings. The number of methoxy groups -OCH3 is 1. The van der Waals surface area contributed by atoms with Gasteiger partial charge in [-0.2, -0.15) is 0 Å². The molecule has 7 nitrogen and oxygen atoms in total. The summed E-state index contributed by atoms with van der Waals surface area (Å²) in [6.07, 6.45) is 11.5. The van der Waals surface area contributed by atoms with Gasteiger partial charge in [-0.05, 0) is 86.5 Å². The Kier molecular flexibility index (Phi) is 12.9. The molecule has 2 aliphatic heterocycles. The standard InChI is InChI=1S/C34H48ClN3O4S/c1-5-9-27-20-29(35)12-14-31(27)28-22-38(32-21-30(43(40)36-24-39)13-15-34(32)42-23-28)19-16-26(6-2)33(41-4)11-8-18-37-17-7-10-25(37)3/h8,11-15,20-21,24-26,28,33H,5-7,9-10,16-19,22-23H2,1-4H3,(H,36,39)/b11-8+. The zero-order valence-electron chi connectivity index (χ0n) is 26.1. The summed E-state index contributed by atoms with van der Waals surface area (Å²) in [5.74, 6) is 1.23. The van der Waals surface area contributed by atoms with Crippen molar-refractivity contribution in [2.45, 2.75) is 82.3 Å². The number of hydrogen-bond acceptors (Lipinski definition) is 6. The number of likely N-dealkylation sites (tertiary alicyclic amines) is 1. The Morgan fingerprint density at radius 3 is 2.77 bits per heavy atom. The Balaban J connectivity index is 1.58. The van der Waals surface area contributed by atoms with Crippen molar-refractivity contribution in [1.29, 1.82) is 0 Å². The third kappa shape index (κ3) is 8.84. The molecule has 0 saturated carbocycles. The summed E-state index contributed by atoms with van der Waals surface area (Å²) in [5, 5.41) is 0.750. The number of benzene rings is 2. The first-order chi connectivity index (χ1) is 20.9. The van der Waals surface area contributed by atoms with E-state index in [1.165, 1.54) is 30.5 Å². The summed E-state index contributed by atoms with van der Waals surface area (Å²) in [6.45, 7) is 10.9. The van der Waals surface area contributed by atoms with Gasteiger partial charge in [-0.15, -0.1) is 0 Å². The first kappa shape index (κ1) is 33.5. The van der Waals surface area contributed by atoms with Gasteiger partial charge in [-0.1, -0.05) is 56.5 Å². The number of carbonyl (C=O) groups excluding carboxylic acids is 1. The average Bonchev–Trinajstić information content (AvgIpc) is 3.32. The second-order valence-electron chi connectivity index (χ2n) is 11.8. The number of aryl methyl sites for hydroxylation is 1. The molecule has 0 aliphatic carbocycles. The van der Waals surface area contributed by atoms with E-state index in [1.807, 2.05) is 18.2 Å². The summed E-state index contributed by atoms with van der Waals surface area (Å²) in [4.78, 5) is 16.4. The lowest BCUT2D eigenvalue weighted by Crippen LogP contribution is -2.33. The van der Waals surface area contributed by atoms with E-state index >= 15 is 0 Å². The van der Waals surface area contributed by atoms with Crippen LogP contribution in [0.2, 0.25) is 5.02 Å². The van der Waals surface area contributed by atoms with Crippen molar-refractivity contribution in [3.63, 3.8) is 0 Å². The highest BCUT2D eigenvalue weighted by molar-refractivity contribution is 7.83. The Morgan fingerprint density at radius 1 is 1.23 bits per heavy atom. The second-order valence-corrected chi connectivity index (χ2v) is 13.4. The SMILES string of the molecule is CCCc1cc(Cl)ccc1C1COc2ccc(S(=O)NC=O)cc2N(CCC(CC)C(/C=C/CN2CCCC2C)OC)C1. The Labute approximate surface area is 265 Å². The van der Waals surface area contributed by atoms with Crippen LogP contribution in [0.25, 0.3) is 0 Å². The fraction of sp³-hybridized carbons (Fsp3) is 0.559. The molecule has 0 aromatic heterocycles. The van der Waals surface area contributed by atoms with E-state index in [0.717, 1.165) is 61.8 Å². The molecule has 2 aromatic rings. The molecule has 1 amide bonds. The molecule has 0 bridgehead atoms. The number of nitrogens with one attached hydrogen (secondary N) is 1. The van der Waals surface area contributed by atoms with Crippen LogP contribution >= 0.6 is 11.6 Å². The van der Waals surface area contributed by atoms with E-state index < -0.39 is 11.0 Å². The number of amides is 1. The van der Waals surface area contributed by atoms with E-state index in [4.69, 9.17) is 21.1 Å². The van der Waals surface area contributed by atoms with Crippen molar-refractivity contribution >= 4 is 34.7 Å². The molecule has 9 heteroatoms. The van der Waals surface area contributed by atoms with Crippen LogP contribution in [0, 0.1) is 5.92 Å². The van der Waals surface area contributed by atoms with Crippen molar-refractivity contribution in [2.24, 2.45) is 5.92 Å². The maximum atomic E-state index is 12.7. The molecule has 1 N–H and O–H groups in total. The van der Waals surface area contributed by atoms with Crippen molar-refractivity contribution in [3.05, 3.63) is 64.7 Å². The molecule has 5 unspecified atom stereocenters. The largest absolute Gasteiger partial charge is 0.491 e. The van der Waals surface area contributed by atoms with Gasteiger partial charge in [0.2, 0.25) is 6.41 Å². The minimum absolute atomic E-state index is 0.0319. The highest BCUT2D eigenvalue weighted by Gasteiger charge is 2.28. The molecule has 2 aliphatic rings. The van der Waals surface area contributed by atoms with Gasteiger partial charge in [-0.3, -0.25) is 14.4 Å². The second kappa shape index (κ2) is 16.6. The van der Waals surface area contributed by atoms with Crippen LogP contribution in [-0.2, 0) is 26.9 Å². The molecular formula is C34H48ClN3O4S. The molecule has 1 saturated heterocycles. The predicted molar refractivity (Wildman–Crippen MR) is 177 cm³/mol. The van der Waals surface area contributed by atoms with Gasteiger partial charge < -0.3 is 14.4 Å². The molecule has 0 radical (unpaired) electrons. The third-order valence-corrected chi connectivity index (χ3v) is 10.2. The summed E-state index contributed by atoms with van der Waals surface area (Å²) < 4.78 is 27.5. The van der Waals surface area contributed by atoms with Crippen molar-refractivity contribution in [3.8, 4) is 5.75 Å². The van der Waals surface area contributed by atoms with E-state index in [9.17, 15) is 9.00 Å². The van der Waals surface area contributed by atoms with Crippen LogP contribution in [0.1, 0.15) is 69.9 Å².